The molecule has 1 amide bonds. The highest BCUT2D eigenvalue weighted by Gasteiger charge is 2.17. The zero-order valence-electron chi connectivity index (χ0n) is 9.01. The minimum Gasteiger partial charge on any atom is -0.467 e. The third kappa shape index (κ3) is 3.06. The van der Waals surface area contributed by atoms with Crippen LogP contribution in [0.25, 0.3) is 0 Å². The Bertz CT molecular complexity index is 388. The summed E-state index contributed by atoms with van der Waals surface area (Å²) < 4.78 is 5.78. The first-order valence-corrected chi connectivity index (χ1v) is 4.57. The van der Waals surface area contributed by atoms with E-state index in [4.69, 9.17) is 0 Å². The molecule has 0 aromatic carbocycles. The van der Waals surface area contributed by atoms with E-state index in [0.717, 1.165) is 7.11 Å². The van der Waals surface area contributed by atoms with Gasteiger partial charge >= 0.3 is 5.97 Å². The second-order valence-electron chi connectivity index (χ2n) is 3.15. The molecule has 0 aliphatic heterocycles. The van der Waals surface area contributed by atoms with Crippen LogP contribution in [-0.2, 0) is 16.6 Å². The third-order valence-corrected chi connectivity index (χ3v) is 1.90. The summed E-state index contributed by atoms with van der Waals surface area (Å²) in [6.45, 7) is -0.194. The second-order valence-corrected chi connectivity index (χ2v) is 3.15. The number of hydrogen-bond donors (Lipinski definition) is 2. The molecule has 1 heterocycles. The van der Waals surface area contributed by atoms with Gasteiger partial charge in [0.1, 0.15) is 0 Å². The van der Waals surface area contributed by atoms with Gasteiger partial charge in [0, 0.05) is 13.2 Å². The minimum atomic E-state index is -1.36. The summed E-state index contributed by atoms with van der Waals surface area (Å²) in [5.74, 6) is -1.19. The zero-order valence-corrected chi connectivity index (χ0v) is 9.01. The molecule has 0 bridgehead atoms. The number of carbonyl (C=O) groups is 2. The first-order valence-electron chi connectivity index (χ1n) is 4.57. The summed E-state index contributed by atoms with van der Waals surface area (Å²) in [5.41, 5.74) is 0.361. The molecule has 1 aromatic heterocycles. The summed E-state index contributed by atoms with van der Waals surface area (Å²) in [5, 5.41) is 15.4. The van der Waals surface area contributed by atoms with Gasteiger partial charge < -0.3 is 15.2 Å². The van der Waals surface area contributed by atoms with Gasteiger partial charge in [0.2, 0.25) is 0 Å². The predicted octanol–water partition coefficient (Wildman–Crippen LogP) is -1.32. The van der Waals surface area contributed by atoms with Crippen molar-refractivity contribution in [2.24, 2.45) is 7.05 Å². The molecule has 1 atom stereocenters. The number of hydrogen-bond acceptors (Lipinski definition) is 5. The molecule has 7 nitrogen and oxygen atoms in total. The number of aryl methyl sites for hydroxylation is 1. The summed E-state index contributed by atoms with van der Waals surface area (Å²) >= 11 is 0. The van der Waals surface area contributed by atoms with E-state index >= 15 is 0 Å². The standard InChI is InChI=1S/C9H13N3O4/c1-12-5-6(3-11-12)8(14)10-4-7(13)9(15)16-2/h3,5,7,13H,4H2,1-2H3,(H,10,14). The van der Waals surface area contributed by atoms with Crippen LogP contribution in [0.1, 0.15) is 10.4 Å². The number of rotatable bonds is 4. The molecule has 7 heteroatoms. The SMILES string of the molecule is COC(=O)C(O)CNC(=O)c1cnn(C)c1. The molecule has 1 rings (SSSR count). The van der Waals surface area contributed by atoms with Crippen molar-refractivity contribution in [3.63, 3.8) is 0 Å². The monoisotopic (exact) mass is 227 g/mol. The number of carbonyl (C=O) groups excluding carboxylic acids is 2. The number of nitrogens with zero attached hydrogens (tertiary/aromatic N) is 2. The fourth-order valence-corrected chi connectivity index (χ4v) is 1.05. The molecule has 0 aliphatic rings. The van der Waals surface area contributed by atoms with Gasteiger partial charge in [-0.15, -0.1) is 0 Å². The normalized spacial score (nSPS) is 11.9. The Hall–Kier alpha value is -1.89. The van der Waals surface area contributed by atoms with Gasteiger partial charge in [-0.3, -0.25) is 9.48 Å². The quantitative estimate of drug-likeness (QED) is 0.622. The van der Waals surface area contributed by atoms with Gasteiger partial charge in [-0.05, 0) is 0 Å². The molecular formula is C9H13N3O4. The first kappa shape index (κ1) is 12.2. The molecule has 16 heavy (non-hydrogen) atoms. The molecule has 2 N–H and O–H groups in total. The molecule has 88 valence electrons. The average molecular weight is 227 g/mol. The van der Waals surface area contributed by atoms with Crippen LogP contribution in [-0.4, -0.2) is 46.5 Å². The fourth-order valence-electron chi connectivity index (χ4n) is 1.05. The zero-order chi connectivity index (χ0) is 12.1. The molecule has 0 saturated heterocycles. The van der Waals surface area contributed by atoms with Crippen molar-refractivity contribution < 1.29 is 19.4 Å². The maximum atomic E-state index is 11.4. The number of aromatic nitrogens is 2. The molecule has 0 fully saturated rings. The Morgan fingerprint density at radius 2 is 2.38 bits per heavy atom. The number of aliphatic hydroxyl groups is 1. The summed E-state index contributed by atoms with van der Waals surface area (Å²) in [6.07, 6.45) is 1.56. The van der Waals surface area contributed by atoms with Crippen molar-refractivity contribution in [2.75, 3.05) is 13.7 Å². The van der Waals surface area contributed by atoms with Crippen LogP contribution in [0, 0.1) is 0 Å². The Labute approximate surface area is 92.0 Å². The third-order valence-electron chi connectivity index (χ3n) is 1.90. The molecule has 0 aliphatic carbocycles. The van der Waals surface area contributed by atoms with E-state index in [2.05, 4.69) is 15.2 Å². The lowest BCUT2D eigenvalue weighted by Crippen LogP contribution is -2.37. The average Bonchev–Trinajstić information content (AvgIpc) is 2.71. The highest BCUT2D eigenvalue weighted by molar-refractivity contribution is 5.94. The van der Waals surface area contributed by atoms with Crippen molar-refractivity contribution >= 4 is 11.9 Å². The van der Waals surface area contributed by atoms with E-state index in [1.807, 2.05) is 0 Å². The van der Waals surface area contributed by atoms with Crippen molar-refractivity contribution in [3.05, 3.63) is 18.0 Å². The van der Waals surface area contributed by atoms with Crippen molar-refractivity contribution in [2.45, 2.75) is 6.10 Å². The highest BCUT2D eigenvalue weighted by atomic mass is 16.5. The van der Waals surface area contributed by atoms with Gasteiger partial charge in [0.15, 0.2) is 6.10 Å². The Kier molecular flexibility index (Phi) is 4.01. The van der Waals surface area contributed by atoms with Crippen molar-refractivity contribution in [1.82, 2.24) is 15.1 Å². The molecule has 0 saturated carbocycles. The number of ether oxygens (including phenoxy) is 1. The van der Waals surface area contributed by atoms with Crippen LogP contribution in [0.4, 0.5) is 0 Å². The molecule has 1 aromatic rings. The summed E-state index contributed by atoms with van der Waals surface area (Å²) in [4.78, 5) is 22.3. The fraction of sp³-hybridized carbons (Fsp3) is 0.444. The Morgan fingerprint density at radius 3 is 2.88 bits per heavy atom. The topological polar surface area (TPSA) is 93.4 Å². The molecule has 0 radical (unpaired) electrons. The lowest BCUT2D eigenvalue weighted by Gasteiger charge is -2.08. The lowest BCUT2D eigenvalue weighted by molar-refractivity contribution is -0.149. The maximum Gasteiger partial charge on any atom is 0.336 e. The van der Waals surface area contributed by atoms with E-state index in [9.17, 15) is 14.7 Å². The predicted molar refractivity (Wildman–Crippen MR) is 53.6 cm³/mol. The van der Waals surface area contributed by atoms with Gasteiger partial charge in [-0.1, -0.05) is 0 Å². The van der Waals surface area contributed by atoms with Gasteiger partial charge in [-0.25, -0.2) is 4.79 Å². The maximum absolute atomic E-state index is 11.4. The van der Waals surface area contributed by atoms with Crippen LogP contribution in [0.5, 0.6) is 0 Å². The van der Waals surface area contributed by atoms with E-state index in [1.165, 1.54) is 17.1 Å². The van der Waals surface area contributed by atoms with Crippen molar-refractivity contribution in [3.8, 4) is 0 Å². The van der Waals surface area contributed by atoms with Crippen LogP contribution >= 0.6 is 0 Å². The van der Waals surface area contributed by atoms with E-state index in [1.54, 1.807) is 7.05 Å². The highest BCUT2D eigenvalue weighted by Crippen LogP contribution is 1.95. The minimum absolute atomic E-state index is 0.194. The van der Waals surface area contributed by atoms with E-state index in [0.29, 0.717) is 5.56 Å². The number of amides is 1. The Balaban J connectivity index is 2.44. The number of esters is 1. The van der Waals surface area contributed by atoms with Crippen LogP contribution in [0.3, 0.4) is 0 Å². The van der Waals surface area contributed by atoms with Crippen LogP contribution < -0.4 is 5.32 Å². The van der Waals surface area contributed by atoms with Gasteiger partial charge in [0.05, 0.1) is 25.4 Å². The smallest absolute Gasteiger partial charge is 0.336 e. The Morgan fingerprint density at radius 1 is 1.69 bits per heavy atom. The number of nitrogens with one attached hydrogen (secondary N) is 1. The van der Waals surface area contributed by atoms with E-state index in [-0.39, 0.29) is 6.54 Å². The molecule has 0 spiro atoms. The van der Waals surface area contributed by atoms with E-state index < -0.39 is 18.0 Å². The summed E-state index contributed by atoms with van der Waals surface area (Å²) in [6, 6.07) is 0. The van der Waals surface area contributed by atoms with Crippen LogP contribution in [0.2, 0.25) is 0 Å². The summed E-state index contributed by atoms with van der Waals surface area (Å²) in [7, 11) is 2.84. The first-order chi connectivity index (χ1) is 7.54. The second kappa shape index (κ2) is 5.26. The largest absolute Gasteiger partial charge is 0.467 e. The number of aliphatic hydroxyl groups excluding tert-OH is 1. The van der Waals surface area contributed by atoms with Crippen LogP contribution in [0.15, 0.2) is 12.4 Å². The van der Waals surface area contributed by atoms with Gasteiger partial charge in [-0.2, -0.15) is 5.10 Å². The van der Waals surface area contributed by atoms with Gasteiger partial charge in [0.25, 0.3) is 5.91 Å². The number of methoxy groups -OCH3 is 1. The van der Waals surface area contributed by atoms with Crippen molar-refractivity contribution in [1.29, 1.82) is 0 Å². The lowest BCUT2D eigenvalue weighted by atomic mass is 10.3. The molecular weight excluding hydrogens is 214 g/mol. The molecule has 1 unspecified atom stereocenters.